The number of rotatable bonds is 5. The number of H-pyrrole nitrogens is 1. The van der Waals surface area contributed by atoms with Crippen molar-refractivity contribution in [1.82, 2.24) is 25.5 Å². The molecule has 1 aliphatic heterocycles. The van der Waals surface area contributed by atoms with Crippen LogP contribution in [0, 0.1) is 0 Å². The van der Waals surface area contributed by atoms with Gasteiger partial charge in [-0.1, -0.05) is 24.3 Å². The highest BCUT2D eigenvalue weighted by Gasteiger charge is 2.38. The average molecular weight is 401 g/mol. The normalized spacial score (nSPS) is 17.1. The van der Waals surface area contributed by atoms with Gasteiger partial charge in [-0.25, -0.2) is 4.79 Å². The lowest BCUT2D eigenvalue weighted by Crippen LogP contribution is -2.33. The fraction of sp³-hybridized carbons (Fsp3) is 0.529. The van der Waals surface area contributed by atoms with Gasteiger partial charge in [0.25, 0.3) is 0 Å². The van der Waals surface area contributed by atoms with E-state index in [1.807, 2.05) is 18.2 Å². The van der Waals surface area contributed by atoms with Crippen LogP contribution >= 0.6 is 0 Å². The molecule has 1 atom stereocenters. The number of nitrogens with zero attached hydrogens (tertiary/aromatic N) is 4. The number of benzene rings is 1. The number of carbonyl (C=O) groups is 1. The van der Waals surface area contributed by atoms with Crippen LogP contribution in [0.1, 0.15) is 24.8 Å². The van der Waals surface area contributed by atoms with Crippen molar-refractivity contribution >= 4 is 5.97 Å². The first kappa shape index (κ1) is 21.8. The van der Waals surface area contributed by atoms with E-state index in [4.69, 9.17) is 14.6 Å². The average Bonchev–Trinajstić information content (AvgIpc) is 3.17. The number of likely N-dealkylation sites (N-methyl/N-ethyl adjacent to an activating group) is 1. The molecular formula is C17H22F3N5O3. The lowest BCUT2D eigenvalue weighted by molar-refractivity contribution is -0.192. The van der Waals surface area contributed by atoms with E-state index < -0.39 is 12.1 Å². The molecule has 154 valence electrons. The zero-order chi connectivity index (χ0) is 20.6. The van der Waals surface area contributed by atoms with Gasteiger partial charge in [0.1, 0.15) is 0 Å². The molecule has 0 spiro atoms. The molecule has 8 nitrogen and oxygen atoms in total. The number of aromatic nitrogens is 4. The van der Waals surface area contributed by atoms with Gasteiger partial charge in [-0.05, 0) is 37.1 Å². The Bertz CT molecular complexity index is 734. The first-order valence-corrected chi connectivity index (χ1v) is 8.69. The van der Waals surface area contributed by atoms with Gasteiger partial charge in [-0.2, -0.15) is 18.4 Å². The highest BCUT2D eigenvalue weighted by molar-refractivity contribution is 5.73. The minimum Gasteiger partial charge on any atom is -0.475 e. The molecule has 0 radical (unpaired) electrons. The number of alkyl halides is 3. The van der Waals surface area contributed by atoms with E-state index in [-0.39, 0.29) is 0 Å². The Kier molecular flexibility index (Phi) is 7.88. The number of aromatic amines is 1. The molecule has 28 heavy (non-hydrogen) atoms. The maximum atomic E-state index is 10.6. The largest absolute Gasteiger partial charge is 0.490 e. The second kappa shape index (κ2) is 10.1. The van der Waals surface area contributed by atoms with E-state index in [0.29, 0.717) is 11.9 Å². The molecule has 1 saturated heterocycles. The molecule has 2 aromatic rings. The van der Waals surface area contributed by atoms with Crippen molar-refractivity contribution in [3.63, 3.8) is 0 Å². The minimum atomic E-state index is -5.08. The van der Waals surface area contributed by atoms with Crippen LogP contribution in [0.5, 0.6) is 0 Å². The third kappa shape index (κ3) is 6.89. The first-order valence-electron chi connectivity index (χ1n) is 8.69. The summed E-state index contributed by atoms with van der Waals surface area (Å²) in [6, 6.07) is 8.19. The molecule has 1 aromatic heterocycles. The Morgan fingerprint density at radius 2 is 2.07 bits per heavy atom. The first-order chi connectivity index (χ1) is 13.3. The molecule has 1 unspecified atom stereocenters. The number of tetrazole rings is 1. The van der Waals surface area contributed by atoms with Gasteiger partial charge in [0.15, 0.2) is 0 Å². The second-order valence-electron chi connectivity index (χ2n) is 6.38. The summed E-state index contributed by atoms with van der Waals surface area (Å²) in [6.07, 6.45) is -1.09. The number of hydrogen-bond acceptors (Lipinski definition) is 6. The number of halogens is 3. The fourth-order valence-electron chi connectivity index (χ4n) is 2.81. The molecule has 2 N–H and O–H groups in total. The summed E-state index contributed by atoms with van der Waals surface area (Å²) in [6.45, 7) is 2.71. The Morgan fingerprint density at radius 3 is 2.64 bits per heavy atom. The van der Waals surface area contributed by atoms with Crippen LogP contribution in [0.25, 0.3) is 11.4 Å². The summed E-state index contributed by atoms with van der Waals surface area (Å²) in [5.41, 5.74) is 2.24. The highest BCUT2D eigenvalue weighted by atomic mass is 19.4. The summed E-state index contributed by atoms with van der Waals surface area (Å²) in [4.78, 5) is 11.2. The van der Waals surface area contributed by atoms with Gasteiger partial charge < -0.3 is 9.84 Å². The Hall–Kier alpha value is -2.53. The molecule has 0 aliphatic carbocycles. The summed E-state index contributed by atoms with van der Waals surface area (Å²) < 4.78 is 37.5. The van der Waals surface area contributed by atoms with Gasteiger partial charge >= 0.3 is 12.1 Å². The van der Waals surface area contributed by atoms with Crippen LogP contribution in [0.2, 0.25) is 0 Å². The van der Waals surface area contributed by atoms with Crippen LogP contribution < -0.4 is 0 Å². The molecular weight excluding hydrogens is 379 g/mol. The SMILES string of the molecule is CN(Cc1ccccc1-c1nn[nH]n1)CC1CCCCO1.O=C(O)C(F)(F)F. The van der Waals surface area contributed by atoms with Crippen molar-refractivity contribution in [1.29, 1.82) is 0 Å². The van der Waals surface area contributed by atoms with Crippen LogP contribution in [0.15, 0.2) is 24.3 Å². The van der Waals surface area contributed by atoms with Crippen molar-refractivity contribution in [2.24, 2.45) is 0 Å². The Balaban J connectivity index is 0.000000345. The zero-order valence-electron chi connectivity index (χ0n) is 15.3. The molecule has 2 heterocycles. The zero-order valence-corrected chi connectivity index (χ0v) is 15.3. The summed E-state index contributed by atoms with van der Waals surface area (Å²) >= 11 is 0. The quantitative estimate of drug-likeness (QED) is 0.793. The molecule has 0 bridgehead atoms. The molecule has 1 aliphatic rings. The van der Waals surface area contributed by atoms with Gasteiger partial charge in [-0.15, -0.1) is 10.2 Å². The standard InChI is InChI=1S/C15H21N5O.C2HF3O2/c1-20(11-13-7-4-5-9-21-13)10-12-6-2-3-8-14(12)15-16-18-19-17-15;3-2(4,5)1(6)7/h2-3,6,8,13H,4-5,7,9-11H2,1H3,(H,16,17,18,19);(H,6,7). The van der Waals surface area contributed by atoms with E-state index >= 15 is 0 Å². The Labute approximate surface area is 159 Å². The molecule has 0 amide bonds. The van der Waals surface area contributed by atoms with E-state index in [1.165, 1.54) is 18.4 Å². The monoisotopic (exact) mass is 401 g/mol. The Morgan fingerprint density at radius 1 is 1.36 bits per heavy atom. The van der Waals surface area contributed by atoms with Crippen LogP contribution in [0.4, 0.5) is 13.2 Å². The van der Waals surface area contributed by atoms with Crippen molar-refractivity contribution in [3.05, 3.63) is 29.8 Å². The van der Waals surface area contributed by atoms with Crippen molar-refractivity contribution in [2.45, 2.75) is 38.1 Å². The van der Waals surface area contributed by atoms with E-state index in [1.54, 1.807) is 0 Å². The minimum absolute atomic E-state index is 0.362. The number of ether oxygens (including phenoxy) is 1. The van der Waals surface area contributed by atoms with E-state index in [0.717, 1.165) is 31.7 Å². The smallest absolute Gasteiger partial charge is 0.475 e. The van der Waals surface area contributed by atoms with Gasteiger partial charge in [0.2, 0.25) is 5.82 Å². The van der Waals surface area contributed by atoms with Gasteiger partial charge in [0, 0.05) is 25.3 Å². The molecule has 3 rings (SSSR count). The van der Waals surface area contributed by atoms with E-state index in [9.17, 15) is 13.2 Å². The summed E-state index contributed by atoms with van der Waals surface area (Å²) in [5, 5.41) is 21.4. The second-order valence-corrected chi connectivity index (χ2v) is 6.38. The highest BCUT2D eigenvalue weighted by Crippen LogP contribution is 2.21. The maximum absolute atomic E-state index is 10.6. The third-order valence-corrected chi connectivity index (χ3v) is 4.08. The van der Waals surface area contributed by atoms with Crippen LogP contribution in [-0.4, -0.2) is 69.1 Å². The van der Waals surface area contributed by atoms with Crippen LogP contribution in [0.3, 0.4) is 0 Å². The topological polar surface area (TPSA) is 104 Å². The number of carboxylic acid groups (broad SMARTS) is 1. The predicted octanol–water partition coefficient (Wildman–Crippen LogP) is 2.50. The molecule has 1 fully saturated rings. The number of nitrogens with one attached hydrogen (secondary N) is 1. The van der Waals surface area contributed by atoms with Crippen molar-refractivity contribution < 1.29 is 27.8 Å². The predicted molar refractivity (Wildman–Crippen MR) is 93.2 cm³/mol. The molecule has 0 saturated carbocycles. The number of hydrogen-bond donors (Lipinski definition) is 2. The fourth-order valence-corrected chi connectivity index (χ4v) is 2.81. The third-order valence-electron chi connectivity index (χ3n) is 4.08. The van der Waals surface area contributed by atoms with E-state index in [2.05, 4.69) is 38.6 Å². The van der Waals surface area contributed by atoms with Crippen molar-refractivity contribution in [2.75, 3.05) is 20.2 Å². The summed E-state index contributed by atoms with van der Waals surface area (Å²) in [7, 11) is 2.13. The number of carboxylic acids is 1. The lowest BCUT2D eigenvalue weighted by Gasteiger charge is -2.27. The maximum Gasteiger partial charge on any atom is 0.490 e. The lowest BCUT2D eigenvalue weighted by atomic mass is 10.1. The number of aliphatic carboxylic acids is 1. The molecule has 11 heteroatoms. The van der Waals surface area contributed by atoms with Crippen molar-refractivity contribution in [3.8, 4) is 11.4 Å². The van der Waals surface area contributed by atoms with Crippen LogP contribution in [-0.2, 0) is 16.1 Å². The molecule has 1 aromatic carbocycles. The van der Waals surface area contributed by atoms with Gasteiger partial charge in [0.05, 0.1) is 6.10 Å². The van der Waals surface area contributed by atoms with Gasteiger partial charge in [-0.3, -0.25) is 4.90 Å². The summed E-state index contributed by atoms with van der Waals surface area (Å²) in [5.74, 6) is -2.11.